The quantitative estimate of drug-likeness (QED) is 0.568. The molecule has 18 heavy (non-hydrogen) atoms. The highest BCUT2D eigenvalue weighted by molar-refractivity contribution is 5.81. The Balaban J connectivity index is 4.23. The molecule has 108 valence electrons. The molecule has 0 heterocycles. The first kappa shape index (κ1) is 17.3. The van der Waals surface area contributed by atoms with E-state index in [-0.39, 0.29) is 12.5 Å². The zero-order valence-corrected chi connectivity index (χ0v) is 12.0. The molecule has 0 saturated carbocycles. The summed E-state index contributed by atoms with van der Waals surface area (Å²) in [6, 6.07) is -0.591. The van der Waals surface area contributed by atoms with E-state index in [0.717, 1.165) is 13.0 Å². The number of nitrogens with zero attached hydrogens (tertiary/aromatic N) is 2. The zero-order valence-electron chi connectivity index (χ0n) is 12.0. The fourth-order valence-corrected chi connectivity index (χ4v) is 1.60. The number of nitrogens with two attached hydrogens (primary N) is 1. The number of hydrogen-bond acceptors (Lipinski definition) is 5. The monoisotopic (exact) mass is 261 g/mol. The molecule has 0 fully saturated rings. The van der Waals surface area contributed by atoms with Gasteiger partial charge in [0.1, 0.15) is 6.04 Å². The molecule has 0 saturated heterocycles. The van der Waals surface area contributed by atoms with Crippen molar-refractivity contribution in [2.75, 3.05) is 61.2 Å². The Hall–Kier alpha value is -0.690. The van der Waals surface area contributed by atoms with Gasteiger partial charge in [-0.1, -0.05) is 0 Å². The predicted molar refractivity (Wildman–Crippen MR) is 71.5 cm³/mol. The van der Waals surface area contributed by atoms with Crippen LogP contribution in [0.2, 0.25) is 0 Å². The molecule has 0 bridgehead atoms. The van der Waals surface area contributed by atoms with Crippen LogP contribution >= 0.6 is 0 Å². The van der Waals surface area contributed by atoms with E-state index < -0.39 is 6.04 Å². The maximum Gasteiger partial charge on any atom is 0.241 e. The van der Waals surface area contributed by atoms with Crippen molar-refractivity contribution in [2.24, 2.45) is 5.73 Å². The molecule has 0 aromatic carbocycles. The third-order valence-electron chi connectivity index (χ3n) is 2.57. The highest BCUT2D eigenvalue weighted by atomic mass is 16.5. The van der Waals surface area contributed by atoms with Crippen molar-refractivity contribution >= 4 is 5.91 Å². The van der Waals surface area contributed by atoms with Crippen molar-refractivity contribution in [3.05, 3.63) is 0 Å². The van der Waals surface area contributed by atoms with Gasteiger partial charge in [0.15, 0.2) is 0 Å². The molecule has 6 heteroatoms. The lowest BCUT2D eigenvalue weighted by Crippen LogP contribution is -2.47. The normalized spacial score (nSPS) is 12.8. The van der Waals surface area contributed by atoms with Crippen molar-refractivity contribution < 1.29 is 14.3 Å². The van der Waals surface area contributed by atoms with Gasteiger partial charge in [0.05, 0.1) is 13.2 Å². The number of hydrogen-bond donors (Lipinski definition) is 1. The van der Waals surface area contributed by atoms with Crippen LogP contribution < -0.4 is 5.73 Å². The molecule has 0 spiro atoms. The van der Waals surface area contributed by atoms with Gasteiger partial charge in [-0.25, -0.2) is 0 Å². The summed E-state index contributed by atoms with van der Waals surface area (Å²) in [5, 5.41) is 0. The Morgan fingerprint density at radius 3 is 2.33 bits per heavy atom. The highest BCUT2D eigenvalue weighted by Crippen LogP contribution is 1.98. The average molecular weight is 261 g/mol. The number of rotatable bonds is 10. The molecule has 6 nitrogen and oxygen atoms in total. The minimum Gasteiger partial charge on any atom is -0.383 e. The van der Waals surface area contributed by atoms with Crippen molar-refractivity contribution in [1.82, 2.24) is 9.80 Å². The fourth-order valence-electron chi connectivity index (χ4n) is 1.60. The van der Waals surface area contributed by atoms with Crippen LogP contribution in [0.25, 0.3) is 0 Å². The first-order chi connectivity index (χ1) is 8.52. The van der Waals surface area contributed by atoms with E-state index in [1.807, 2.05) is 14.1 Å². The summed E-state index contributed by atoms with van der Waals surface area (Å²) in [6.07, 6.45) is 0.919. The third kappa shape index (κ3) is 7.60. The van der Waals surface area contributed by atoms with Crippen LogP contribution in [0.15, 0.2) is 0 Å². The smallest absolute Gasteiger partial charge is 0.241 e. The van der Waals surface area contributed by atoms with Gasteiger partial charge in [-0.3, -0.25) is 4.79 Å². The van der Waals surface area contributed by atoms with E-state index in [0.29, 0.717) is 19.7 Å². The minimum absolute atomic E-state index is 0.0762. The molecular formula is C12H27N3O3. The van der Waals surface area contributed by atoms with Crippen LogP contribution in [0.3, 0.4) is 0 Å². The summed E-state index contributed by atoms with van der Waals surface area (Å²) in [5.41, 5.74) is 5.76. The number of carbonyl (C=O) groups is 1. The van der Waals surface area contributed by atoms with Crippen LogP contribution in [0, 0.1) is 0 Å². The summed E-state index contributed by atoms with van der Waals surface area (Å²) in [6.45, 7) is 2.97. The summed E-state index contributed by atoms with van der Waals surface area (Å²) in [4.78, 5) is 15.9. The van der Waals surface area contributed by atoms with Gasteiger partial charge in [0.25, 0.3) is 0 Å². The standard InChI is InChI=1S/C12H27N3O3/c1-14(2)6-5-7-15(8-9-17-3)12(16)11(13)10-18-4/h11H,5-10,13H2,1-4H3. The van der Waals surface area contributed by atoms with Gasteiger partial charge in [-0.15, -0.1) is 0 Å². The largest absolute Gasteiger partial charge is 0.383 e. The predicted octanol–water partition coefficient (Wildman–Crippen LogP) is -0.613. The van der Waals surface area contributed by atoms with Crippen LogP contribution in [0.5, 0.6) is 0 Å². The molecule has 0 aliphatic carbocycles. The van der Waals surface area contributed by atoms with E-state index in [2.05, 4.69) is 4.90 Å². The van der Waals surface area contributed by atoms with Crippen molar-refractivity contribution in [2.45, 2.75) is 12.5 Å². The molecule has 1 amide bonds. The number of amides is 1. The molecule has 1 atom stereocenters. The number of methoxy groups -OCH3 is 2. The van der Waals surface area contributed by atoms with Crippen LogP contribution in [-0.2, 0) is 14.3 Å². The van der Waals surface area contributed by atoms with Gasteiger partial charge in [-0.05, 0) is 27.1 Å². The first-order valence-electron chi connectivity index (χ1n) is 6.19. The maximum atomic E-state index is 12.1. The Bertz CT molecular complexity index is 225. The highest BCUT2D eigenvalue weighted by Gasteiger charge is 2.20. The Kier molecular flexibility index (Phi) is 9.86. The second kappa shape index (κ2) is 10.3. The SMILES string of the molecule is COCCN(CCCN(C)C)C(=O)C(N)COC. The van der Waals surface area contributed by atoms with Gasteiger partial charge < -0.3 is 25.0 Å². The molecule has 2 N–H and O–H groups in total. The molecule has 0 aromatic rings. The van der Waals surface area contributed by atoms with E-state index in [1.54, 1.807) is 19.1 Å². The number of carbonyl (C=O) groups excluding carboxylic acids is 1. The number of ether oxygens (including phenoxy) is 2. The topological polar surface area (TPSA) is 68.0 Å². The van der Waals surface area contributed by atoms with Crippen LogP contribution in [-0.4, -0.2) is 82.9 Å². The summed E-state index contributed by atoms with van der Waals surface area (Å²) in [7, 11) is 7.19. The fraction of sp³-hybridized carbons (Fsp3) is 0.917. The van der Waals surface area contributed by atoms with Gasteiger partial charge in [0, 0.05) is 27.3 Å². The molecule has 1 unspecified atom stereocenters. The molecular weight excluding hydrogens is 234 g/mol. The molecule has 0 aliphatic rings. The maximum absolute atomic E-state index is 12.1. The van der Waals surface area contributed by atoms with Crippen LogP contribution in [0.4, 0.5) is 0 Å². The zero-order chi connectivity index (χ0) is 14.0. The molecule has 0 radical (unpaired) electrons. The second-order valence-corrected chi connectivity index (χ2v) is 4.54. The van der Waals surface area contributed by atoms with Gasteiger partial charge in [-0.2, -0.15) is 0 Å². The summed E-state index contributed by atoms with van der Waals surface area (Å²) >= 11 is 0. The van der Waals surface area contributed by atoms with Crippen molar-refractivity contribution in [3.63, 3.8) is 0 Å². The van der Waals surface area contributed by atoms with E-state index in [1.165, 1.54) is 0 Å². The summed E-state index contributed by atoms with van der Waals surface area (Å²) in [5.74, 6) is -0.0762. The van der Waals surface area contributed by atoms with Crippen molar-refractivity contribution in [3.8, 4) is 0 Å². The van der Waals surface area contributed by atoms with E-state index in [9.17, 15) is 4.79 Å². The lowest BCUT2D eigenvalue weighted by molar-refractivity contribution is -0.134. The van der Waals surface area contributed by atoms with Gasteiger partial charge >= 0.3 is 0 Å². The van der Waals surface area contributed by atoms with Crippen molar-refractivity contribution in [1.29, 1.82) is 0 Å². The molecule has 0 aromatic heterocycles. The lowest BCUT2D eigenvalue weighted by Gasteiger charge is -2.25. The Morgan fingerprint density at radius 1 is 1.17 bits per heavy atom. The molecule has 0 rings (SSSR count). The Labute approximate surface area is 110 Å². The Morgan fingerprint density at radius 2 is 1.83 bits per heavy atom. The summed E-state index contributed by atoms with van der Waals surface area (Å²) < 4.78 is 9.92. The van der Waals surface area contributed by atoms with E-state index in [4.69, 9.17) is 15.2 Å². The van der Waals surface area contributed by atoms with Crippen LogP contribution in [0.1, 0.15) is 6.42 Å². The third-order valence-corrected chi connectivity index (χ3v) is 2.57. The minimum atomic E-state index is -0.591. The second-order valence-electron chi connectivity index (χ2n) is 4.54. The lowest BCUT2D eigenvalue weighted by atomic mass is 10.2. The van der Waals surface area contributed by atoms with E-state index >= 15 is 0 Å². The first-order valence-corrected chi connectivity index (χ1v) is 6.19. The molecule has 0 aliphatic heterocycles. The van der Waals surface area contributed by atoms with Gasteiger partial charge in [0.2, 0.25) is 5.91 Å². The average Bonchev–Trinajstić information content (AvgIpc) is 2.32.